The van der Waals surface area contributed by atoms with Crippen LogP contribution in [0.2, 0.25) is 10.0 Å². The van der Waals surface area contributed by atoms with E-state index in [1.807, 2.05) is 91.0 Å². The van der Waals surface area contributed by atoms with Gasteiger partial charge in [0, 0.05) is 10.0 Å². The Morgan fingerprint density at radius 2 is 1.20 bits per heavy atom. The van der Waals surface area contributed by atoms with E-state index in [1.165, 1.54) is 7.11 Å². The third kappa shape index (κ3) is 5.68. The lowest BCUT2D eigenvalue weighted by Crippen LogP contribution is -2.55. The second kappa shape index (κ2) is 11.4. The standard InChI is InChI=1S/C29H25Cl2NO3/c1-34-28(33)27(20-35-26-18-24(30)17-25(31)19-26)32-29(21-11-5-2-6-12-21,22-13-7-3-8-14-22)23-15-9-4-10-16-23/h2-19,27,32H,20H2,1H3. The van der Waals surface area contributed by atoms with Crippen molar-refractivity contribution in [3.05, 3.63) is 136 Å². The summed E-state index contributed by atoms with van der Waals surface area (Å²) in [4.78, 5) is 13.0. The number of esters is 1. The summed E-state index contributed by atoms with van der Waals surface area (Å²) in [7, 11) is 1.36. The molecule has 0 saturated heterocycles. The van der Waals surface area contributed by atoms with Crippen molar-refractivity contribution in [2.75, 3.05) is 13.7 Å². The highest BCUT2D eigenvalue weighted by Crippen LogP contribution is 2.37. The molecule has 0 saturated carbocycles. The van der Waals surface area contributed by atoms with Gasteiger partial charge < -0.3 is 9.47 Å². The van der Waals surface area contributed by atoms with Crippen LogP contribution in [-0.2, 0) is 15.1 Å². The first-order chi connectivity index (χ1) is 17.0. The number of carbonyl (C=O) groups is 1. The second-order valence-corrected chi connectivity index (χ2v) is 8.86. The zero-order valence-electron chi connectivity index (χ0n) is 19.2. The first-order valence-electron chi connectivity index (χ1n) is 11.1. The first-order valence-corrected chi connectivity index (χ1v) is 11.9. The summed E-state index contributed by atoms with van der Waals surface area (Å²) in [6.07, 6.45) is 0. The average molecular weight is 506 g/mol. The van der Waals surface area contributed by atoms with Crippen molar-refractivity contribution in [3.8, 4) is 5.75 Å². The Hall–Kier alpha value is -3.31. The molecule has 0 aliphatic heterocycles. The van der Waals surface area contributed by atoms with Crippen molar-refractivity contribution in [2.45, 2.75) is 11.6 Å². The Bertz CT molecular complexity index is 1130. The Labute approximate surface area is 215 Å². The number of ether oxygens (including phenoxy) is 2. The fourth-order valence-corrected chi connectivity index (χ4v) is 4.68. The van der Waals surface area contributed by atoms with Crippen LogP contribution < -0.4 is 10.1 Å². The van der Waals surface area contributed by atoms with Gasteiger partial charge in [-0.3, -0.25) is 10.1 Å². The van der Waals surface area contributed by atoms with E-state index in [4.69, 9.17) is 32.7 Å². The minimum atomic E-state index is -0.863. The third-order valence-corrected chi connectivity index (χ3v) is 6.19. The molecule has 1 N–H and O–H groups in total. The van der Waals surface area contributed by atoms with Gasteiger partial charge in [-0.1, -0.05) is 114 Å². The molecular weight excluding hydrogens is 481 g/mol. The van der Waals surface area contributed by atoms with Gasteiger partial charge >= 0.3 is 5.97 Å². The summed E-state index contributed by atoms with van der Waals surface area (Å²) in [5.41, 5.74) is 2.05. The van der Waals surface area contributed by atoms with Gasteiger partial charge in [-0.15, -0.1) is 0 Å². The Kier molecular flexibility index (Phi) is 8.09. The molecule has 35 heavy (non-hydrogen) atoms. The monoisotopic (exact) mass is 505 g/mol. The van der Waals surface area contributed by atoms with Gasteiger partial charge in [-0.25, -0.2) is 0 Å². The summed E-state index contributed by atoms with van der Waals surface area (Å²) in [5, 5.41) is 4.49. The lowest BCUT2D eigenvalue weighted by molar-refractivity contribution is -0.144. The van der Waals surface area contributed by atoms with Crippen molar-refractivity contribution in [2.24, 2.45) is 0 Å². The van der Waals surface area contributed by atoms with Crippen molar-refractivity contribution in [1.29, 1.82) is 0 Å². The molecule has 0 aliphatic carbocycles. The molecule has 0 fully saturated rings. The Morgan fingerprint density at radius 1 is 0.771 bits per heavy atom. The molecule has 178 valence electrons. The molecule has 1 atom stereocenters. The quantitative estimate of drug-likeness (QED) is 0.208. The molecule has 0 aromatic heterocycles. The molecule has 0 bridgehead atoms. The van der Waals surface area contributed by atoms with Crippen molar-refractivity contribution < 1.29 is 14.3 Å². The van der Waals surface area contributed by atoms with E-state index in [9.17, 15) is 4.79 Å². The fourth-order valence-electron chi connectivity index (χ4n) is 4.18. The topological polar surface area (TPSA) is 47.6 Å². The van der Waals surface area contributed by atoms with Crippen LogP contribution in [0.1, 0.15) is 16.7 Å². The highest BCUT2D eigenvalue weighted by atomic mass is 35.5. The smallest absolute Gasteiger partial charge is 0.326 e. The SMILES string of the molecule is COC(=O)C(COc1cc(Cl)cc(Cl)c1)NC(c1ccccc1)(c1ccccc1)c1ccccc1. The van der Waals surface area contributed by atoms with E-state index in [-0.39, 0.29) is 6.61 Å². The zero-order chi connectivity index (χ0) is 24.7. The van der Waals surface area contributed by atoms with Crippen LogP contribution in [0.4, 0.5) is 0 Å². The van der Waals surface area contributed by atoms with Gasteiger partial charge in [0.1, 0.15) is 18.4 Å². The van der Waals surface area contributed by atoms with Crippen LogP contribution in [0.25, 0.3) is 0 Å². The molecule has 1 unspecified atom stereocenters. The number of rotatable bonds is 9. The third-order valence-electron chi connectivity index (χ3n) is 5.75. The van der Waals surface area contributed by atoms with Gasteiger partial charge in [0.25, 0.3) is 0 Å². The molecule has 0 heterocycles. The fraction of sp³-hybridized carbons (Fsp3) is 0.138. The highest BCUT2D eigenvalue weighted by Gasteiger charge is 2.40. The summed E-state index contributed by atoms with van der Waals surface area (Å²) >= 11 is 12.3. The number of halogens is 2. The van der Waals surface area contributed by atoms with Crippen LogP contribution in [0.3, 0.4) is 0 Å². The number of hydrogen-bond donors (Lipinski definition) is 1. The minimum Gasteiger partial charge on any atom is -0.491 e. The van der Waals surface area contributed by atoms with E-state index >= 15 is 0 Å². The maximum Gasteiger partial charge on any atom is 0.326 e. The number of methoxy groups -OCH3 is 1. The van der Waals surface area contributed by atoms with Crippen molar-refractivity contribution in [3.63, 3.8) is 0 Å². The van der Waals surface area contributed by atoms with Crippen LogP contribution in [0.5, 0.6) is 5.75 Å². The van der Waals surface area contributed by atoms with E-state index < -0.39 is 17.6 Å². The number of benzene rings is 4. The molecule has 0 radical (unpaired) electrons. The summed E-state index contributed by atoms with van der Waals surface area (Å²) in [5.74, 6) is 0.00762. The second-order valence-electron chi connectivity index (χ2n) is 7.98. The maximum atomic E-state index is 13.0. The molecule has 6 heteroatoms. The lowest BCUT2D eigenvalue weighted by Gasteiger charge is -2.39. The van der Waals surface area contributed by atoms with Gasteiger partial charge in [-0.05, 0) is 34.9 Å². The van der Waals surface area contributed by atoms with Crippen LogP contribution in [-0.4, -0.2) is 25.7 Å². The molecule has 4 aromatic carbocycles. The van der Waals surface area contributed by atoms with Gasteiger partial charge in [0.2, 0.25) is 0 Å². The van der Waals surface area contributed by atoms with Crippen molar-refractivity contribution in [1.82, 2.24) is 5.32 Å². The molecule has 0 amide bonds. The summed E-state index contributed by atoms with van der Waals surface area (Å²) in [6, 6.07) is 34.1. The molecule has 4 nitrogen and oxygen atoms in total. The maximum absolute atomic E-state index is 13.0. The minimum absolute atomic E-state index is 0.00239. The largest absolute Gasteiger partial charge is 0.491 e. The van der Waals surface area contributed by atoms with Crippen LogP contribution in [0.15, 0.2) is 109 Å². The van der Waals surface area contributed by atoms with E-state index in [0.29, 0.717) is 15.8 Å². The zero-order valence-corrected chi connectivity index (χ0v) is 20.7. The summed E-state index contributed by atoms with van der Waals surface area (Å²) < 4.78 is 11.1. The lowest BCUT2D eigenvalue weighted by atomic mass is 9.76. The molecule has 0 aliphatic rings. The van der Waals surface area contributed by atoms with E-state index in [0.717, 1.165) is 16.7 Å². The van der Waals surface area contributed by atoms with Gasteiger partial charge in [-0.2, -0.15) is 0 Å². The van der Waals surface area contributed by atoms with Crippen LogP contribution >= 0.6 is 23.2 Å². The number of carbonyl (C=O) groups excluding carboxylic acids is 1. The molecule has 4 rings (SSSR count). The highest BCUT2D eigenvalue weighted by molar-refractivity contribution is 6.34. The molecule has 4 aromatic rings. The van der Waals surface area contributed by atoms with Gasteiger partial charge in [0.15, 0.2) is 0 Å². The van der Waals surface area contributed by atoms with Crippen molar-refractivity contribution >= 4 is 29.2 Å². The van der Waals surface area contributed by atoms with Gasteiger partial charge in [0.05, 0.1) is 12.6 Å². The average Bonchev–Trinajstić information content (AvgIpc) is 2.89. The Morgan fingerprint density at radius 3 is 1.60 bits per heavy atom. The van der Waals surface area contributed by atoms with Crippen LogP contribution in [0, 0.1) is 0 Å². The molecule has 0 spiro atoms. The number of nitrogens with one attached hydrogen (secondary N) is 1. The predicted octanol–water partition coefficient (Wildman–Crippen LogP) is 6.50. The van der Waals surface area contributed by atoms with E-state index in [1.54, 1.807) is 18.2 Å². The predicted molar refractivity (Wildman–Crippen MR) is 140 cm³/mol. The van der Waals surface area contributed by atoms with E-state index in [2.05, 4.69) is 5.32 Å². The summed E-state index contributed by atoms with van der Waals surface area (Å²) in [6.45, 7) is -0.00239. The number of hydrogen-bond acceptors (Lipinski definition) is 4. The molecular formula is C29H25Cl2NO3. The first kappa shape index (κ1) is 24.8. The Balaban J connectivity index is 1.81. The normalized spacial score (nSPS) is 12.1.